The van der Waals surface area contributed by atoms with Crippen molar-refractivity contribution in [2.45, 2.75) is 18.9 Å². The van der Waals surface area contributed by atoms with Gasteiger partial charge in [0.1, 0.15) is 0 Å². The monoisotopic (exact) mass is 237 g/mol. The fraction of sp³-hybridized carbons (Fsp3) is 0.462. The molecule has 4 nitrogen and oxygen atoms in total. The predicted molar refractivity (Wildman–Crippen MR) is 66.1 cm³/mol. The van der Waals surface area contributed by atoms with Crippen molar-refractivity contribution < 1.29 is 14.6 Å². The van der Waals surface area contributed by atoms with Gasteiger partial charge in [-0.15, -0.1) is 0 Å². The standard InChI is InChI=1S/C13H19NO3/c1-14-9-10-17-12(13(15)16)8-7-11-5-3-2-4-6-11/h2-6,12,14H,7-10H2,1H3,(H,15,16). The molecule has 0 amide bonds. The molecule has 0 aromatic heterocycles. The number of hydrogen-bond acceptors (Lipinski definition) is 3. The number of aryl methyl sites for hydroxylation is 1. The van der Waals surface area contributed by atoms with E-state index in [1.807, 2.05) is 37.4 Å². The smallest absolute Gasteiger partial charge is 0.332 e. The Morgan fingerprint density at radius 3 is 2.71 bits per heavy atom. The molecule has 1 aromatic carbocycles. The van der Waals surface area contributed by atoms with Crippen LogP contribution in [0.3, 0.4) is 0 Å². The molecule has 2 N–H and O–H groups in total. The van der Waals surface area contributed by atoms with Gasteiger partial charge in [-0.1, -0.05) is 30.3 Å². The van der Waals surface area contributed by atoms with Crippen molar-refractivity contribution in [3.63, 3.8) is 0 Å². The van der Waals surface area contributed by atoms with Crippen LogP contribution in [0.25, 0.3) is 0 Å². The maximum absolute atomic E-state index is 11.0. The zero-order chi connectivity index (χ0) is 12.5. The minimum absolute atomic E-state index is 0.419. The summed E-state index contributed by atoms with van der Waals surface area (Å²) in [6.45, 7) is 1.08. The molecule has 1 rings (SSSR count). The van der Waals surface area contributed by atoms with Crippen molar-refractivity contribution in [2.24, 2.45) is 0 Å². The summed E-state index contributed by atoms with van der Waals surface area (Å²) in [7, 11) is 1.81. The van der Waals surface area contributed by atoms with Crippen LogP contribution in [0, 0.1) is 0 Å². The summed E-state index contributed by atoms with van der Waals surface area (Å²) >= 11 is 0. The molecule has 1 unspecified atom stereocenters. The van der Waals surface area contributed by atoms with E-state index in [0.29, 0.717) is 19.6 Å². The van der Waals surface area contributed by atoms with Crippen molar-refractivity contribution in [1.82, 2.24) is 5.32 Å². The summed E-state index contributed by atoms with van der Waals surface area (Å²) in [6, 6.07) is 9.83. The number of carbonyl (C=O) groups is 1. The fourth-order valence-corrected chi connectivity index (χ4v) is 1.52. The number of rotatable bonds is 8. The third kappa shape index (κ3) is 5.47. The number of carboxylic acid groups (broad SMARTS) is 1. The van der Waals surface area contributed by atoms with E-state index in [1.165, 1.54) is 0 Å². The maximum atomic E-state index is 11.0. The Morgan fingerprint density at radius 1 is 1.41 bits per heavy atom. The molecule has 17 heavy (non-hydrogen) atoms. The Labute approximate surface area is 102 Å². The lowest BCUT2D eigenvalue weighted by molar-refractivity contribution is -0.150. The minimum Gasteiger partial charge on any atom is -0.479 e. The first-order valence-corrected chi connectivity index (χ1v) is 5.77. The topological polar surface area (TPSA) is 58.6 Å². The lowest BCUT2D eigenvalue weighted by atomic mass is 10.1. The first-order valence-electron chi connectivity index (χ1n) is 5.77. The van der Waals surface area contributed by atoms with Crippen molar-refractivity contribution in [2.75, 3.05) is 20.2 Å². The Kier molecular flexibility index (Phi) is 6.29. The van der Waals surface area contributed by atoms with E-state index < -0.39 is 12.1 Å². The zero-order valence-electron chi connectivity index (χ0n) is 10.1. The molecule has 94 valence electrons. The SMILES string of the molecule is CNCCOC(CCc1ccccc1)C(=O)O. The molecule has 0 aliphatic rings. The molecular formula is C13H19NO3. The number of ether oxygens (including phenoxy) is 1. The average Bonchev–Trinajstić information content (AvgIpc) is 2.34. The predicted octanol–water partition coefficient (Wildman–Crippen LogP) is 1.31. The van der Waals surface area contributed by atoms with Gasteiger partial charge in [0.15, 0.2) is 6.10 Å². The molecule has 0 aliphatic carbocycles. The van der Waals surface area contributed by atoms with Crippen LogP contribution in [0.5, 0.6) is 0 Å². The number of hydrogen-bond donors (Lipinski definition) is 2. The molecule has 0 bridgehead atoms. The van der Waals surface area contributed by atoms with Gasteiger partial charge >= 0.3 is 5.97 Å². The van der Waals surface area contributed by atoms with Crippen molar-refractivity contribution in [1.29, 1.82) is 0 Å². The van der Waals surface area contributed by atoms with Crippen LogP contribution < -0.4 is 5.32 Å². The van der Waals surface area contributed by atoms with E-state index in [4.69, 9.17) is 9.84 Å². The van der Waals surface area contributed by atoms with E-state index in [0.717, 1.165) is 12.0 Å². The Balaban J connectivity index is 2.36. The second-order valence-electron chi connectivity index (χ2n) is 3.83. The summed E-state index contributed by atoms with van der Waals surface area (Å²) in [4.78, 5) is 11.0. The molecule has 0 saturated carbocycles. The second-order valence-corrected chi connectivity index (χ2v) is 3.83. The van der Waals surface area contributed by atoms with Gasteiger partial charge in [0, 0.05) is 6.54 Å². The number of aliphatic carboxylic acids is 1. The van der Waals surface area contributed by atoms with Gasteiger partial charge in [0.25, 0.3) is 0 Å². The minimum atomic E-state index is -0.892. The molecule has 0 saturated heterocycles. The summed E-state index contributed by atoms with van der Waals surface area (Å²) in [6.07, 6.45) is 0.504. The lowest BCUT2D eigenvalue weighted by Crippen LogP contribution is -2.27. The largest absolute Gasteiger partial charge is 0.479 e. The highest BCUT2D eigenvalue weighted by Crippen LogP contribution is 2.07. The summed E-state index contributed by atoms with van der Waals surface area (Å²) in [5.41, 5.74) is 1.14. The molecule has 0 fully saturated rings. The third-order valence-electron chi connectivity index (χ3n) is 2.48. The van der Waals surface area contributed by atoms with Crippen LogP contribution in [0.4, 0.5) is 0 Å². The van der Waals surface area contributed by atoms with Gasteiger partial charge in [-0.3, -0.25) is 0 Å². The van der Waals surface area contributed by atoms with E-state index >= 15 is 0 Å². The van der Waals surface area contributed by atoms with Crippen molar-refractivity contribution in [3.05, 3.63) is 35.9 Å². The first kappa shape index (κ1) is 13.7. The molecule has 0 radical (unpaired) electrons. The van der Waals surface area contributed by atoms with Crippen LogP contribution in [-0.2, 0) is 16.0 Å². The highest BCUT2D eigenvalue weighted by molar-refractivity contribution is 5.72. The quantitative estimate of drug-likeness (QED) is 0.669. The maximum Gasteiger partial charge on any atom is 0.332 e. The van der Waals surface area contributed by atoms with Gasteiger partial charge in [0.2, 0.25) is 0 Å². The van der Waals surface area contributed by atoms with E-state index in [-0.39, 0.29) is 0 Å². The van der Waals surface area contributed by atoms with Gasteiger partial charge < -0.3 is 15.2 Å². The molecule has 1 aromatic rings. The Morgan fingerprint density at radius 2 is 2.12 bits per heavy atom. The van der Waals surface area contributed by atoms with Crippen LogP contribution in [-0.4, -0.2) is 37.4 Å². The second kappa shape index (κ2) is 7.81. The molecule has 0 heterocycles. The van der Waals surface area contributed by atoms with Gasteiger partial charge in [0.05, 0.1) is 6.61 Å². The fourth-order valence-electron chi connectivity index (χ4n) is 1.52. The van der Waals surface area contributed by atoms with E-state index in [2.05, 4.69) is 5.32 Å². The third-order valence-corrected chi connectivity index (χ3v) is 2.48. The Hall–Kier alpha value is -1.39. The highest BCUT2D eigenvalue weighted by Gasteiger charge is 2.17. The lowest BCUT2D eigenvalue weighted by Gasteiger charge is -2.13. The number of nitrogens with one attached hydrogen (secondary N) is 1. The van der Waals surface area contributed by atoms with Crippen molar-refractivity contribution in [3.8, 4) is 0 Å². The van der Waals surface area contributed by atoms with Crippen molar-refractivity contribution >= 4 is 5.97 Å². The van der Waals surface area contributed by atoms with Crippen LogP contribution >= 0.6 is 0 Å². The molecule has 4 heteroatoms. The molecular weight excluding hydrogens is 218 g/mol. The van der Waals surface area contributed by atoms with E-state index in [1.54, 1.807) is 0 Å². The van der Waals surface area contributed by atoms with Gasteiger partial charge in [-0.25, -0.2) is 4.79 Å². The van der Waals surface area contributed by atoms with Crippen LogP contribution in [0.15, 0.2) is 30.3 Å². The van der Waals surface area contributed by atoms with Crippen LogP contribution in [0.1, 0.15) is 12.0 Å². The summed E-state index contributed by atoms with van der Waals surface area (Å²) < 4.78 is 5.30. The summed E-state index contributed by atoms with van der Waals surface area (Å²) in [5.74, 6) is -0.892. The molecule has 0 spiro atoms. The van der Waals surface area contributed by atoms with Gasteiger partial charge in [-0.05, 0) is 25.5 Å². The first-order chi connectivity index (χ1) is 8.24. The number of likely N-dealkylation sites (N-methyl/N-ethyl adjacent to an activating group) is 1. The average molecular weight is 237 g/mol. The Bertz CT molecular complexity index is 327. The normalized spacial score (nSPS) is 12.3. The molecule has 0 aliphatic heterocycles. The number of carboxylic acids is 1. The van der Waals surface area contributed by atoms with E-state index in [9.17, 15) is 4.79 Å². The van der Waals surface area contributed by atoms with Gasteiger partial charge in [-0.2, -0.15) is 0 Å². The summed E-state index contributed by atoms with van der Waals surface area (Å²) in [5, 5.41) is 11.9. The van der Waals surface area contributed by atoms with Crippen LogP contribution in [0.2, 0.25) is 0 Å². The highest BCUT2D eigenvalue weighted by atomic mass is 16.5. The zero-order valence-corrected chi connectivity index (χ0v) is 10.1. The molecule has 1 atom stereocenters. The number of benzene rings is 1.